The molecule has 1 aliphatic carbocycles. The maximum absolute atomic E-state index is 12.6. The summed E-state index contributed by atoms with van der Waals surface area (Å²) in [7, 11) is 0. The van der Waals surface area contributed by atoms with Crippen LogP contribution in [0.25, 0.3) is 0 Å². The van der Waals surface area contributed by atoms with Gasteiger partial charge in [-0.3, -0.25) is 0 Å². The number of hydrogen-bond donors (Lipinski definition) is 0. The number of rotatable bonds is 1. The van der Waals surface area contributed by atoms with Gasteiger partial charge in [0.1, 0.15) is 5.83 Å². The zero-order valence-corrected chi connectivity index (χ0v) is 6.40. The second-order valence-electron chi connectivity index (χ2n) is 2.42. The summed E-state index contributed by atoms with van der Waals surface area (Å²) >= 11 is 0. The van der Waals surface area contributed by atoms with Crippen LogP contribution < -0.4 is 0 Å². The van der Waals surface area contributed by atoms with Crippen molar-refractivity contribution in [3.05, 3.63) is 35.5 Å². The highest BCUT2D eigenvalue weighted by atomic mass is 19.2. The quantitative estimate of drug-likeness (QED) is 0.545. The van der Waals surface area contributed by atoms with Gasteiger partial charge >= 0.3 is 0 Å². The predicted octanol–water partition coefficient (Wildman–Crippen LogP) is 3.43. The smallest absolute Gasteiger partial charge is 0.154 e. The zero-order valence-electron chi connectivity index (χ0n) is 6.40. The lowest BCUT2D eigenvalue weighted by Crippen LogP contribution is -1.73. The lowest BCUT2D eigenvalue weighted by atomic mass is 10.2. The van der Waals surface area contributed by atoms with Crippen molar-refractivity contribution in [1.29, 1.82) is 0 Å². The molecule has 0 unspecified atom stereocenters. The molecule has 2 heteroatoms. The molecular weight excluding hydrogens is 146 g/mol. The number of hydrogen-bond acceptors (Lipinski definition) is 0. The van der Waals surface area contributed by atoms with E-state index in [1.54, 1.807) is 12.2 Å². The molecule has 0 heterocycles. The van der Waals surface area contributed by atoms with E-state index in [1.165, 1.54) is 6.08 Å². The van der Waals surface area contributed by atoms with E-state index in [2.05, 4.69) is 0 Å². The van der Waals surface area contributed by atoms with Gasteiger partial charge in [0.05, 0.1) is 0 Å². The van der Waals surface area contributed by atoms with Gasteiger partial charge in [-0.2, -0.15) is 0 Å². The summed E-state index contributed by atoms with van der Waals surface area (Å²) in [4.78, 5) is 0. The van der Waals surface area contributed by atoms with E-state index in [4.69, 9.17) is 0 Å². The minimum Gasteiger partial charge on any atom is -0.208 e. The van der Waals surface area contributed by atoms with Crippen molar-refractivity contribution < 1.29 is 8.78 Å². The zero-order chi connectivity index (χ0) is 8.27. The van der Waals surface area contributed by atoms with Gasteiger partial charge in [-0.25, -0.2) is 8.78 Å². The van der Waals surface area contributed by atoms with Crippen molar-refractivity contribution in [2.75, 3.05) is 0 Å². The molecule has 0 aromatic rings. The normalized spacial score (nSPS) is 18.3. The molecule has 0 nitrogen and oxygen atoms in total. The lowest BCUT2D eigenvalue weighted by molar-refractivity contribution is 0.542. The van der Waals surface area contributed by atoms with Crippen LogP contribution in [-0.4, -0.2) is 0 Å². The Morgan fingerprint density at radius 2 is 2.09 bits per heavy atom. The van der Waals surface area contributed by atoms with Crippen molar-refractivity contribution in [3.63, 3.8) is 0 Å². The number of allylic oxidation sites excluding steroid dienone is 6. The minimum atomic E-state index is -0.746. The van der Waals surface area contributed by atoms with Crippen LogP contribution in [0.5, 0.6) is 0 Å². The predicted molar refractivity (Wildman–Crippen MR) is 41.4 cm³/mol. The van der Waals surface area contributed by atoms with E-state index in [9.17, 15) is 8.78 Å². The topological polar surface area (TPSA) is 0 Å². The Hall–Kier alpha value is -0.920. The number of halogens is 2. The third kappa shape index (κ3) is 2.00. The average molecular weight is 156 g/mol. The summed E-state index contributed by atoms with van der Waals surface area (Å²) in [6, 6.07) is 0. The molecule has 0 bridgehead atoms. The Morgan fingerprint density at radius 3 is 2.73 bits per heavy atom. The SMILES string of the molecule is CCC1=CCC(F)=C(F)C=C1. The third-order valence-corrected chi connectivity index (χ3v) is 1.65. The molecule has 1 rings (SSSR count). The first-order valence-electron chi connectivity index (χ1n) is 3.65. The molecule has 1 aliphatic rings. The second-order valence-corrected chi connectivity index (χ2v) is 2.42. The fraction of sp³-hybridized carbons (Fsp3) is 0.333. The molecule has 60 valence electrons. The lowest BCUT2D eigenvalue weighted by Gasteiger charge is -1.91. The standard InChI is InChI=1S/C9H10F2/c1-2-7-3-5-8(10)9(11)6-4-7/h3-5H,2,6H2,1H3. The maximum Gasteiger partial charge on any atom is 0.154 e. The van der Waals surface area contributed by atoms with Gasteiger partial charge in [0.2, 0.25) is 0 Å². The summed E-state index contributed by atoms with van der Waals surface area (Å²) in [5, 5.41) is 0. The van der Waals surface area contributed by atoms with E-state index in [0.717, 1.165) is 12.0 Å². The molecule has 11 heavy (non-hydrogen) atoms. The monoisotopic (exact) mass is 156 g/mol. The summed E-state index contributed by atoms with van der Waals surface area (Å²) in [5.74, 6) is -1.42. The van der Waals surface area contributed by atoms with E-state index < -0.39 is 11.7 Å². The molecule has 0 radical (unpaired) electrons. The Morgan fingerprint density at radius 1 is 1.36 bits per heavy atom. The molecule has 0 saturated heterocycles. The van der Waals surface area contributed by atoms with Crippen molar-refractivity contribution in [1.82, 2.24) is 0 Å². The molecule has 0 aliphatic heterocycles. The molecule has 0 N–H and O–H groups in total. The van der Waals surface area contributed by atoms with Crippen LogP contribution in [0.4, 0.5) is 8.78 Å². The molecule has 0 spiro atoms. The second kappa shape index (κ2) is 3.46. The van der Waals surface area contributed by atoms with Crippen molar-refractivity contribution >= 4 is 0 Å². The van der Waals surface area contributed by atoms with E-state index in [0.29, 0.717) is 0 Å². The van der Waals surface area contributed by atoms with Crippen molar-refractivity contribution in [2.45, 2.75) is 19.8 Å². The summed E-state index contributed by atoms with van der Waals surface area (Å²) in [5.41, 5.74) is 0.979. The first-order chi connectivity index (χ1) is 5.24. The van der Waals surface area contributed by atoms with Crippen LogP contribution in [0.3, 0.4) is 0 Å². The van der Waals surface area contributed by atoms with Gasteiger partial charge < -0.3 is 0 Å². The van der Waals surface area contributed by atoms with Gasteiger partial charge in [-0.15, -0.1) is 0 Å². The highest BCUT2D eigenvalue weighted by Crippen LogP contribution is 2.20. The maximum atomic E-state index is 12.6. The van der Waals surface area contributed by atoms with E-state index in [1.807, 2.05) is 6.92 Å². The molecule has 0 amide bonds. The third-order valence-electron chi connectivity index (χ3n) is 1.65. The summed E-state index contributed by atoms with van der Waals surface area (Å²) in [6.07, 6.45) is 5.40. The van der Waals surface area contributed by atoms with Crippen LogP contribution in [0.15, 0.2) is 35.5 Å². The molecular formula is C9H10F2. The van der Waals surface area contributed by atoms with Gasteiger partial charge in [-0.1, -0.05) is 24.6 Å². The van der Waals surface area contributed by atoms with Crippen LogP contribution in [-0.2, 0) is 0 Å². The van der Waals surface area contributed by atoms with E-state index in [-0.39, 0.29) is 6.42 Å². The molecule has 0 aromatic heterocycles. The highest BCUT2D eigenvalue weighted by molar-refractivity contribution is 5.30. The van der Waals surface area contributed by atoms with Crippen LogP contribution in [0, 0.1) is 0 Å². The van der Waals surface area contributed by atoms with Gasteiger partial charge in [0.25, 0.3) is 0 Å². The molecule has 0 aromatic carbocycles. The summed E-state index contributed by atoms with van der Waals surface area (Å²) in [6.45, 7) is 1.96. The van der Waals surface area contributed by atoms with Crippen molar-refractivity contribution in [2.24, 2.45) is 0 Å². The Bertz CT molecular complexity index is 234. The average Bonchev–Trinajstić information content (AvgIpc) is 2.16. The Kier molecular flexibility index (Phi) is 2.58. The van der Waals surface area contributed by atoms with E-state index >= 15 is 0 Å². The summed E-state index contributed by atoms with van der Waals surface area (Å²) < 4.78 is 25.1. The Labute approximate surface area is 64.9 Å². The first-order valence-corrected chi connectivity index (χ1v) is 3.65. The highest BCUT2D eigenvalue weighted by Gasteiger charge is 2.04. The van der Waals surface area contributed by atoms with Gasteiger partial charge in [0, 0.05) is 6.42 Å². The van der Waals surface area contributed by atoms with Gasteiger partial charge in [0.15, 0.2) is 5.83 Å². The Balaban J connectivity index is 2.82. The largest absolute Gasteiger partial charge is 0.208 e. The fourth-order valence-corrected chi connectivity index (χ4v) is 0.919. The van der Waals surface area contributed by atoms with Crippen molar-refractivity contribution in [3.8, 4) is 0 Å². The van der Waals surface area contributed by atoms with Crippen LogP contribution in [0.1, 0.15) is 19.8 Å². The van der Waals surface area contributed by atoms with Crippen LogP contribution >= 0.6 is 0 Å². The van der Waals surface area contributed by atoms with Crippen LogP contribution in [0.2, 0.25) is 0 Å². The molecule has 0 saturated carbocycles. The molecule has 0 fully saturated rings. The first kappa shape index (κ1) is 8.18. The fourth-order valence-electron chi connectivity index (χ4n) is 0.919. The minimum absolute atomic E-state index is 0.0853. The molecule has 0 atom stereocenters. The van der Waals surface area contributed by atoms with Gasteiger partial charge in [-0.05, 0) is 12.5 Å².